The molecule has 0 aliphatic carbocycles. The second kappa shape index (κ2) is 6.46. The number of rotatable bonds is 5. The molecular formula is C16H21NO3. The zero-order valence-electron chi connectivity index (χ0n) is 12.1. The van der Waals surface area contributed by atoms with E-state index in [2.05, 4.69) is 11.7 Å². The summed E-state index contributed by atoms with van der Waals surface area (Å²) in [6, 6.07) is 5.88. The SMILES string of the molecule is C=C(C[C@@H]1CCc2cc(/C(C)=N\O)ccc2O1)OCC. The van der Waals surface area contributed by atoms with Crippen molar-refractivity contribution in [2.45, 2.75) is 39.2 Å². The van der Waals surface area contributed by atoms with Crippen LogP contribution in [0.2, 0.25) is 0 Å². The van der Waals surface area contributed by atoms with Crippen molar-refractivity contribution in [1.29, 1.82) is 0 Å². The molecule has 1 aromatic carbocycles. The van der Waals surface area contributed by atoms with Gasteiger partial charge in [-0.3, -0.25) is 0 Å². The van der Waals surface area contributed by atoms with Crippen molar-refractivity contribution in [3.63, 3.8) is 0 Å². The van der Waals surface area contributed by atoms with Crippen LogP contribution in [0.4, 0.5) is 0 Å². The monoisotopic (exact) mass is 275 g/mol. The average molecular weight is 275 g/mol. The van der Waals surface area contributed by atoms with Gasteiger partial charge < -0.3 is 14.7 Å². The zero-order valence-corrected chi connectivity index (χ0v) is 12.1. The molecule has 1 aliphatic rings. The molecule has 1 N–H and O–H groups in total. The van der Waals surface area contributed by atoms with Crippen LogP contribution in [0.1, 0.15) is 37.8 Å². The van der Waals surface area contributed by atoms with Crippen LogP contribution < -0.4 is 4.74 Å². The van der Waals surface area contributed by atoms with Gasteiger partial charge in [-0.25, -0.2) is 0 Å². The fraction of sp³-hybridized carbons (Fsp3) is 0.438. The molecule has 1 atom stereocenters. The van der Waals surface area contributed by atoms with E-state index < -0.39 is 0 Å². The van der Waals surface area contributed by atoms with Gasteiger partial charge in [-0.2, -0.15) is 0 Å². The van der Waals surface area contributed by atoms with Crippen LogP contribution in [0.15, 0.2) is 35.7 Å². The molecule has 4 nitrogen and oxygen atoms in total. The van der Waals surface area contributed by atoms with E-state index in [9.17, 15) is 0 Å². The predicted molar refractivity (Wildman–Crippen MR) is 78.6 cm³/mol. The second-order valence-corrected chi connectivity index (χ2v) is 4.96. The smallest absolute Gasteiger partial charge is 0.122 e. The largest absolute Gasteiger partial charge is 0.499 e. The molecule has 0 spiro atoms. The molecule has 0 unspecified atom stereocenters. The lowest BCUT2D eigenvalue weighted by atomic mass is 9.97. The third kappa shape index (κ3) is 3.32. The van der Waals surface area contributed by atoms with E-state index in [4.69, 9.17) is 14.7 Å². The standard InChI is InChI=1S/C16H21NO3/c1-4-19-11(2)9-15-7-5-14-10-13(12(3)17-18)6-8-16(14)20-15/h6,8,10,15,18H,2,4-5,7,9H2,1,3H3/b17-12-/t15-/m0/s1. The summed E-state index contributed by atoms with van der Waals surface area (Å²) in [5.41, 5.74) is 2.69. The zero-order chi connectivity index (χ0) is 14.5. The van der Waals surface area contributed by atoms with E-state index in [0.29, 0.717) is 12.3 Å². The molecule has 0 radical (unpaired) electrons. The molecule has 1 aliphatic heterocycles. The van der Waals surface area contributed by atoms with Crippen LogP contribution in [0.3, 0.4) is 0 Å². The maximum atomic E-state index is 8.82. The molecule has 20 heavy (non-hydrogen) atoms. The van der Waals surface area contributed by atoms with Crippen LogP contribution in [0, 0.1) is 0 Å². The summed E-state index contributed by atoms with van der Waals surface area (Å²) < 4.78 is 11.4. The number of fused-ring (bicyclic) bond motifs is 1. The first-order valence-electron chi connectivity index (χ1n) is 6.93. The summed E-state index contributed by atoms with van der Waals surface area (Å²) in [6.45, 7) is 8.27. The minimum atomic E-state index is 0.125. The van der Waals surface area contributed by atoms with Gasteiger partial charge in [0.25, 0.3) is 0 Å². The molecule has 108 valence electrons. The maximum absolute atomic E-state index is 8.82. The van der Waals surface area contributed by atoms with E-state index in [0.717, 1.165) is 41.9 Å². The van der Waals surface area contributed by atoms with Gasteiger partial charge in [0.2, 0.25) is 0 Å². The highest BCUT2D eigenvalue weighted by molar-refractivity contribution is 5.98. The fourth-order valence-corrected chi connectivity index (χ4v) is 2.39. The number of benzene rings is 1. The minimum absolute atomic E-state index is 0.125. The van der Waals surface area contributed by atoms with E-state index >= 15 is 0 Å². The Bertz CT molecular complexity index is 522. The van der Waals surface area contributed by atoms with Gasteiger partial charge in [-0.15, -0.1) is 0 Å². The fourth-order valence-electron chi connectivity index (χ4n) is 2.39. The summed E-state index contributed by atoms with van der Waals surface area (Å²) in [5.74, 6) is 1.68. The molecule has 0 saturated heterocycles. The van der Waals surface area contributed by atoms with Gasteiger partial charge in [0.05, 0.1) is 18.1 Å². The first-order valence-corrected chi connectivity index (χ1v) is 6.93. The summed E-state index contributed by atoms with van der Waals surface area (Å²) in [7, 11) is 0. The number of nitrogens with zero attached hydrogens (tertiary/aromatic N) is 1. The quantitative estimate of drug-likeness (QED) is 0.387. The molecule has 0 fully saturated rings. The Balaban J connectivity index is 2.06. The van der Waals surface area contributed by atoms with Gasteiger partial charge in [0.15, 0.2) is 0 Å². The number of ether oxygens (including phenoxy) is 2. The number of hydrogen-bond acceptors (Lipinski definition) is 4. The van der Waals surface area contributed by atoms with Crippen LogP contribution in [0.25, 0.3) is 0 Å². The molecule has 0 saturated carbocycles. The molecule has 0 bridgehead atoms. The lowest BCUT2D eigenvalue weighted by molar-refractivity contribution is 0.136. The predicted octanol–water partition coefficient (Wildman–Crippen LogP) is 3.52. The van der Waals surface area contributed by atoms with Gasteiger partial charge in [0, 0.05) is 6.42 Å². The first kappa shape index (κ1) is 14.4. The Morgan fingerprint density at radius 1 is 1.55 bits per heavy atom. The summed E-state index contributed by atoms with van der Waals surface area (Å²) in [5, 5.41) is 12.0. The van der Waals surface area contributed by atoms with Crippen molar-refractivity contribution in [2.75, 3.05) is 6.61 Å². The van der Waals surface area contributed by atoms with Crippen molar-refractivity contribution in [3.05, 3.63) is 41.7 Å². The Hall–Kier alpha value is -1.97. The number of aryl methyl sites for hydroxylation is 1. The third-order valence-corrected chi connectivity index (χ3v) is 3.46. The molecular weight excluding hydrogens is 254 g/mol. The molecule has 0 aromatic heterocycles. The van der Waals surface area contributed by atoms with Crippen molar-refractivity contribution in [3.8, 4) is 5.75 Å². The third-order valence-electron chi connectivity index (χ3n) is 3.46. The second-order valence-electron chi connectivity index (χ2n) is 4.96. The van der Waals surface area contributed by atoms with Crippen LogP contribution in [-0.2, 0) is 11.2 Å². The van der Waals surface area contributed by atoms with Crippen molar-refractivity contribution < 1.29 is 14.7 Å². The Morgan fingerprint density at radius 2 is 2.35 bits per heavy atom. The van der Waals surface area contributed by atoms with E-state index in [1.165, 1.54) is 0 Å². The molecule has 1 aromatic rings. The van der Waals surface area contributed by atoms with Crippen molar-refractivity contribution in [2.24, 2.45) is 5.16 Å². The summed E-state index contributed by atoms with van der Waals surface area (Å²) in [4.78, 5) is 0. The Kier molecular flexibility index (Phi) is 4.66. The Morgan fingerprint density at radius 3 is 3.05 bits per heavy atom. The number of oxime groups is 1. The lowest BCUT2D eigenvalue weighted by Crippen LogP contribution is -2.23. The summed E-state index contributed by atoms with van der Waals surface area (Å²) in [6.07, 6.45) is 2.75. The number of hydrogen-bond donors (Lipinski definition) is 1. The lowest BCUT2D eigenvalue weighted by Gasteiger charge is -2.27. The van der Waals surface area contributed by atoms with E-state index in [1.54, 1.807) is 6.92 Å². The maximum Gasteiger partial charge on any atom is 0.122 e. The average Bonchev–Trinajstić information content (AvgIpc) is 2.46. The van der Waals surface area contributed by atoms with Gasteiger partial charge in [0.1, 0.15) is 11.9 Å². The van der Waals surface area contributed by atoms with Crippen molar-refractivity contribution >= 4 is 5.71 Å². The highest BCUT2D eigenvalue weighted by Gasteiger charge is 2.21. The van der Waals surface area contributed by atoms with Crippen molar-refractivity contribution in [1.82, 2.24) is 0 Å². The van der Waals surface area contributed by atoms with Gasteiger partial charge >= 0.3 is 0 Å². The molecule has 0 amide bonds. The van der Waals surface area contributed by atoms with Gasteiger partial charge in [-0.05, 0) is 56.0 Å². The topological polar surface area (TPSA) is 51.1 Å². The van der Waals surface area contributed by atoms with Crippen LogP contribution >= 0.6 is 0 Å². The van der Waals surface area contributed by atoms with Crippen LogP contribution in [0.5, 0.6) is 5.75 Å². The van der Waals surface area contributed by atoms with Crippen LogP contribution in [-0.4, -0.2) is 23.6 Å². The molecule has 4 heteroatoms. The minimum Gasteiger partial charge on any atom is -0.499 e. The first-order chi connectivity index (χ1) is 9.63. The normalized spacial score (nSPS) is 18.1. The highest BCUT2D eigenvalue weighted by atomic mass is 16.5. The Labute approximate surface area is 119 Å². The van der Waals surface area contributed by atoms with E-state index in [1.807, 2.05) is 25.1 Å². The van der Waals surface area contributed by atoms with Gasteiger partial charge in [-0.1, -0.05) is 11.7 Å². The summed E-state index contributed by atoms with van der Waals surface area (Å²) >= 11 is 0. The molecule has 2 rings (SSSR count). The highest BCUT2D eigenvalue weighted by Crippen LogP contribution is 2.30. The molecule has 1 heterocycles. The van der Waals surface area contributed by atoms with E-state index in [-0.39, 0.29) is 6.10 Å².